The number of rotatable bonds is 4. The van der Waals surface area contributed by atoms with Gasteiger partial charge in [0, 0.05) is 30.4 Å². The topological polar surface area (TPSA) is 64.1 Å². The standard InChI is InChI=1S/C17H19N3O2/c1-11-7-16(17(21)22-11)20-12(2)13-3-5-14(6-4-13)15-8-18-10-19-9-15/h3-6,8-12,16,20H,7H2,1-2H3/t11-,12-,16-/m1/s1. The van der Waals surface area contributed by atoms with E-state index >= 15 is 0 Å². The monoisotopic (exact) mass is 297 g/mol. The summed E-state index contributed by atoms with van der Waals surface area (Å²) in [7, 11) is 0. The zero-order valence-electron chi connectivity index (χ0n) is 12.7. The summed E-state index contributed by atoms with van der Waals surface area (Å²) in [6.45, 7) is 3.97. The molecule has 0 saturated carbocycles. The minimum Gasteiger partial charge on any atom is -0.461 e. The maximum Gasteiger partial charge on any atom is 0.323 e. The van der Waals surface area contributed by atoms with E-state index in [1.54, 1.807) is 12.4 Å². The van der Waals surface area contributed by atoms with Gasteiger partial charge in [-0.05, 0) is 25.0 Å². The summed E-state index contributed by atoms with van der Waals surface area (Å²) in [5.41, 5.74) is 3.20. The van der Waals surface area contributed by atoms with E-state index in [0.717, 1.165) is 23.1 Å². The van der Waals surface area contributed by atoms with Crippen molar-refractivity contribution in [1.82, 2.24) is 15.3 Å². The number of cyclic esters (lactones) is 1. The first-order chi connectivity index (χ1) is 10.6. The van der Waals surface area contributed by atoms with Crippen molar-refractivity contribution in [1.29, 1.82) is 0 Å². The van der Waals surface area contributed by atoms with Crippen LogP contribution < -0.4 is 5.32 Å². The number of aromatic nitrogens is 2. The maximum absolute atomic E-state index is 11.7. The predicted octanol–water partition coefficient (Wildman–Crippen LogP) is 2.50. The smallest absolute Gasteiger partial charge is 0.323 e. The zero-order valence-corrected chi connectivity index (χ0v) is 12.7. The van der Waals surface area contributed by atoms with Gasteiger partial charge in [0.25, 0.3) is 0 Å². The number of hydrogen-bond acceptors (Lipinski definition) is 5. The van der Waals surface area contributed by atoms with Crippen LogP contribution in [0.4, 0.5) is 0 Å². The van der Waals surface area contributed by atoms with Crippen LogP contribution in [0.15, 0.2) is 43.0 Å². The van der Waals surface area contributed by atoms with Crippen LogP contribution in [-0.2, 0) is 9.53 Å². The van der Waals surface area contributed by atoms with E-state index < -0.39 is 0 Å². The van der Waals surface area contributed by atoms with Crippen molar-refractivity contribution in [3.63, 3.8) is 0 Å². The van der Waals surface area contributed by atoms with E-state index in [0.29, 0.717) is 0 Å². The SMILES string of the molecule is C[C@@H]1C[C@@H](N[C@H](C)c2ccc(-c3cncnc3)cc2)C(=O)O1. The highest BCUT2D eigenvalue weighted by molar-refractivity contribution is 5.78. The first kappa shape index (κ1) is 14.7. The lowest BCUT2D eigenvalue weighted by Gasteiger charge is -2.17. The average molecular weight is 297 g/mol. The summed E-state index contributed by atoms with van der Waals surface area (Å²) in [6.07, 6.45) is 5.82. The number of carbonyl (C=O) groups excluding carboxylic acids is 1. The molecule has 0 bridgehead atoms. The van der Waals surface area contributed by atoms with Crippen molar-refractivity contribution in [2.75, 3.05) is 0 Å². The van der Waals surface area contributed by atoms with E-state index in [1.807, 2.05) is 19.1 Å². The van der Waals surface area contributed by atoms with Gasteiger partial charge in [-0.15, -0.1) is 0 Å². The van der Waals surface area contributed by atoms with Crippen LogP contribution in [-0.4, -0.2) is 28.1 Å². The summed E-state index contributed by atoms with van der Waals surface area (Å²) in [4.78, 5) is 19.7. The van der Waals surface area contributed by atoms with Crippen LogP contribution in [0.3, 0.4) is 0 Å². The van der Waals surface area contributed by atoms with E-state index in [-0.39, 0.29) is 24.2 Å². The predicted molar refractivity (Wildman–Crippen MR) is 83.0 cm³/mol. The number of carbonyl (C=O) groups is 1. The van der Waals surface area contributed by atoms with Crippen LogP contribution in [0.1, 0.15) is 31.9 Å². The molecule has 1 aromatic heterocycles. The van der Waals surface area contributed by atoms with Crippen molar-refractivity contribution in [3.05, 3.63) is 48.5 Å². The van der Waals surface area contributed by atoms with Crippen molar-refractivity contribution < 1.29 is 9.53 Å². The van der Waals surface area contributed by atoms with E-state index in [4.69, 9.17) is 4.74 Å². The Kier molecular flexibility index (Phi) is 4.15. The second-order valence-corrected chi connectivity index (χ2v) is 5.67. The van der Waals surface area contributed by atoms with Crippen LogP contribution in [0.2, 0.25) is 0 Å². The largest absolute Gasteiger partial charge is 0.461 e. The highest BCUT2D eigenvalue weighted by atomic mass is 16.6. The Hall–Kier alpha value is -2.27. The maximum atomic E-state index is 11.7. The molecule has 0 unspecified atom stereocenters. The summed E-state index contributed by atoms with van der Waals surface area (Å²) >= 11 is 0. The van der Waals surface area contributed by atoms with Crippen molar-refractivity contribution >= 4 is 5.97 Å². The molecule has 114 valence electrons. The molecule has 5 nitrogen and oxygen atoms in total. The fourth-order valence-electron chi connectivity index (χ4n) is 2.70. The Morgan fingerprint density at radius 2 is 1.86 bits per heavy atom. The molecule has 1 saturated heterocycles. The molecule has 0 aliphatic carbocycles. The number of nitrogens with zero attached hydrogens (tertiary/aromatic N) is 2. The Bertz CT molecular complexity index is 643. The van der Waals surface area contributed by atoms with Crippen LogP contribution in [0.5, 0.6) is 0 Å². The fourth-order valence-corrected chi connectivity index (χ4v) is 2.70. The van der Waals surface area contributed by atoms with Crippen molar-refractivity contribution in [2.24, 2.45) is 0 Å². The molecule has 3 rings (SSSR count). The molecule has 0 amide bonds. The molecule has 1 fully saturated rings. The minimum absolute atomic E-state index is 0.00217. The number of hydrogen-bond donors (Lipinski definition) is 1. The summed E-state index contributed by atoms with van der Waals surface area (Å²) in [5, 5.41) is 3.34. The lowest BCUT2D eigenvalue weighted by atomic mass is 10.0. The quantitative estimate of drug-likeness (QED) is 0.878. The van der Waals surface area contributed by atoms with E-state index in [2.05, 4.69) is 34.3 Å². The molecule has 0 spiro atoms. The molecule has 2 heterocycles. The van der Waals surface area contributed by atoms with Gasteiger partial charge in [0.2, 0.25) is 0 Å². The molecule has 0 radical (unpaired) electrons. The molecule has 1 aromatic carbocycles. The van der Waals surface area contributed by atoms with E-state index in [9.17, 15) is 4.79 Å². The molecule has 5 heteroatoms. The molecular weight excluding hydrogens is 278 g/mol. The average Bonchev–Trinajstić information content (AvgIpc) is 2.86. The normalized spacial score (nSPS) is 22.4. The Morgan fingerprint density at radius 3 is 2.45 bits per heavy atom. The highest BCUT2D eigenvalue weighted by Crippen LogP contribution is 2.22. The van der Waals surface area contributed by atoms with Gasteiger partial charge < -0.3 is 4.74 Å². The van der Waals surface area contributed by atoms with Crippen LogP contribution >= 0.6 is 0 Å². The minimum atomic E-state index is -0.216. The second-order valence-electron chi connectivity index (χ2n) is 5.67. The Morgan fingerprint density at radius 1 is 1.18 bits per heavy atom. The molecular formula is C17H19N3O2. The van der Waals surface area contributed by atoms with Gasteiger partial charge in [-0.25, -0.2) is 9.97 Å². The van der Waals surface area contributed by atoms with Crippen molar-refractivity contribution in [3.8, 4) is 11.1 Å². The first-order valence-electron chi connectivity index (χ1n) is 7.45. The Labute approximate surface area is 129 Å². The van der Waals surface area contributed by atoms with Gasteiger partial charge in [-0.3, -0.25) is 10.1 Å². The van der Waals surface area contributed by atoms with Gasteiger partial charge in [0.1, 0.15) is 18.5 Å². The third-order valence-corrected chi connectivity index (χ3v) is 3.93. The Balaban J connectivity index is 1.69. The number of benzene rings is 1. The van der Waals surface area contributed by atoms with Crippen molar-refractivity contribution in [2.45, 2.75) is 38.5 Å². The molecule has 1 aliphatic rings. The molecule has 1 N–H and O–H groups in total. The molecule has 22 heavy (non-hydrogen) atoms. The van der Waals surface area contributed by atoms with E-state index in [1.165, 1.54) is 6.33 Å². The highest BCUT2D eigenvalue weighted by Gasteiger charge is 2.32. The molecule has 3 atom stereocenters. The van der Waals surface area contributed by atoms with Crippen LogP contribution in [0.25, 0.3) is 11.1 Å². The molecule has 1 aliphatic heterocycles. The third kappa shape index (κ3) is 3.14. The lowest BCUT2D eigenvalue weighted by Crippen LogP contribution is -2.35. The first-order valence-corrected chi connectivity index (χ1v) is 7.45. The zero-order chi connectivity index (χ0) is 15.5. The summed E-state index contributed by atoms with van der Waals surface area (Å²) < 4.78 is 5.17. The third-order valence-electron chi connectivity index (χ3n) is 3.93. The number of ether oxygens (including phenoxy) is 1. The summed E-state index contributed by atoms with van der Waals surface area (Å²) in [6, 6.07) is 8.08. The number of nitrogens with one attached hydrogen (secondary N) is 1. The fraction of sp³-hybridized carbons (Fsp3) is 0.353. The van der Waals surface area contributed by atoms with Gasteiger partial charge in [-0.2, -0.15) is 0 Å². The second kappa shape index (κ2) is 6.23. The summed E-state index contributed by atoms with van der Waals surface area (Å²) in [5.74, 6) is -0.155. The molecule has 2 aromatic rings. The van der Waals surface area contributed by atoms with Gasteiger partial charge in [0.15, 0.2) is 0 Å². The van der Waals surface area contributed by atoms with Gasteiger partial charge >= 0.3 is 5.97 Å². The van der Waals surface area contributed by atoms with Crippen LogP contribution in [0, 0.1) is 0 Å². The lowest BCUT2D eigenvalue weighted by molar-refractivity contribution is -0.142. The van der Waals surface area contributed by atoms with Gasteiger partial charge in [-0.1, -0.05) is 24.3 Å². The number of esters is 1. The van der Waals surface area contributed by atoms with Gasteiger partial charge in [0.05, 0.1) is 0 Å².